The molecule has 210 valence electrons. The Morgan fingerprint density at radius 1 is 0.595 bits per heavy atom. The predicted molar refractivity (Wildman–Crippen MR) is 153 cm³/mol. The molecule has 2 saturated heterocycles. The summed E-state index contributed by atoms with van der Waals surface area (Å²) in [7, 11) is 0. The molecule has 0 spiro atoms. The maximum atomic E-state index is 14.1. The molecule has 42 heavy (non-hydrogen) atoms. The third-order valence-corrected chi connectivity index (χ3v) is 13.8. The van der Waals surface area contributed by atoms with E-state index in [0.717, 1.165) is 72.2 Å². The normalized spacial score (nSPS) is 35.3. The fourth-order valence-electron chi connectivity index (χ4n) is 9.65. The molecule has 8 aliphatic rings. The average molecular weight is 595 g/mol. The van der Waals surface area contributed by atoms with Gasteiger partial charge in [0, 0.05) is 9.75 Å². The highest BCUT2D eigenvalue weighted by molar-refractivity contribution is 7.17. The summed E-state index contributed by atoms with van der Waals surface area (Å²) in [5.41, 5.74) is 2.90. The number of allylic oxidation sites excluding steroid dienone is 2. The van der Waals surface area contributed by atoms with Crippen LogP contribution in [0, 0.1) is 70.0 Å². The Hall–Kier alpha value is -3.60. The summed E-state index contributed by atoms with van der Waals surface area (Å²) in [4.78, 5) is 60.9. The van der Waals surface area contributed by atoms with Crippen LogP contribution in [-0.2, 0) is 44.9 Å². The van der Waals surface area contributed by atoms with E-state index in [-0.39, 0.29) is 47.3 Å². The second-order valence-electron chi connectivity index (χ2n) is 12.8. The van der Waals surface area contributed by atoms with E-state index >= 15 is 0 Å². The van der Waals surface area contributed by atoms with Crippen molar-refractivity contribution in [3.63, 3.8) is 0 Å². The predicted octanol–water partition coefficient (Wildman–Crippen LogP) is 4.28. The van der Waals surface area contributed by atoms with Crippen molar-refractivity contribution in [2.24, 2.45) is 47.3 Å². The molecule has 0 radical (unpaired) electrons. The van der Waals surface area contributed by atoms with E-state index in [1.807, 2.05) is 12.2 Å². The number of thiophene rings is 2. The molecule has 0 unspecified atom stereocenters. The fraction of sp³-hybridized carbons (Fsp3) is 0.500. The van der Waals surface area contributed by atoms with Gasteiger partial charge in [-0.15, -0.1) is 22.7 Å². The summed E-state index contributed by atoms with van der Waals surface area (Å²) >= 11 is 2.82. The number of carbonyl (C=O) groups excluding carboxylic acids is 4. The van der Waals surface area contributed by atoms with Gasteiger partial charge in [0.05, 0.1) is 34.8 Å². The minimum absolute atomic E-state index is 0.184. The monoisotopic (exact) mass is 594 g/mol. The molecule has 0 N–H and O–H groups in total. The van der Waals surface area contributed by atoms with Crippen molar-refractivity contribution in [2.45, 2.75) is 51.4 Å². The SMILES string of the molecule is N#Cc1c(N2C(=O)[C@@H]3[C@H]4C=C[C@@H]([C@@H]3C2=O)[C@@H]2[C@@H]3C(=O)N(c5sc6c(c5C#N)CCCC6)C(=O)[C@@H]3[C@H]42)sc2c1CCCC2. The van der Waals surface area contributed by atoms with Gasteiger partial charge in [-0.25, -0.2) is 9.80 Å². The third kappa shape index (κ3) is 2.81. The summed E-state index contributed by atoms with van der Waals surface area (Å²) in [6.45, 7) is 0. The minimum Gasteiger partial charge on any atom is -0.274 e. The minimum atomic E-state index is -0.582. The van der Waals surface area contributed by atoms with Crippen molar-refractivity contribution in [3.8, 4) is 12.1 Å². The number of hydrogen-bond acceptors (Lipinski definition) is 8. The second-order valence-corrected chi connectivity index (χ2v) is 15.0. The molecule has 2 aromatic rings. The first-order chi connectivity index (χ1) is 20.5. The molecule has 10 rings (SSSR count). The molecule has 4 heterocycles. The highest BCUT2D eigenvalue weighted by Gasteiger charge is 2.75. The number of nitrogens with zero attached hydrogens (tertiary/aromatic N) is 4. The van der Waals surface area contributed by atoms with Crippen molar-refractivity contribution < 1.29 is 19.2 Å². The van der Waals surface area contributed by atoms with Crippen molar-refractivity contribution in [2.75, 3.05) is 9.80 Å². The number of anilines is 2. The van der Waals surface area contributed by atoms with Gasteiger partial charge in [0.1, 0.15) is 22.1 Å². The van der Waals surface area contributed by atoms with Gasteiger partial charge < -0.3 is 0 Å². The van der Waals surface area contributed by atoms with Gasteiger partial charge in [0.15, 0.2) is 0 Å². The number of rotatable bonds is 2. The van der Waals surface area contributed by atoms with Crippen LogP contribution >= 0.6 is 22.7 Å². The maximum absolute atomic E-state index is 14.1. The smallest absolute Gasteiger partial charge is 0.239 e. The van der Waals surface area contributed by atoms with Gasteiger partial charge in [-0.3, -0.25) is 19.2 Å². The van der Waals surface area contributed by atoms with E-state index in [0.29, 0.717) is 21.1 Å². The quantitative estimate of drug-likeness (QED) is 0.378. The Labute approximate surface area is 250 Å². The van der Waals surface area contributed by atoms with Gasteiger partial charge in [0.25, 0.3) is 0 Å². The highest BCUT2D eigenvalue weighted by Crippen LogP contribution is 2.69. The largest absolute Gasteiger partial charge is 0.274 e. The van der Waals surface area contributed by atoms with Crippen molar-refractivity contribution in [1.82, 2.24) is 0 Å². The Kier molecular flexibility index (Phi) is 5.04. The summed E-state index contributed by atoms with van der Waals surface area (Å²) in [6, 6.07) is 4.59. The topological polar surface area (TPSA) is 122 Å². The van der Waals surface area contributed by atoms with Crippen LogP contribution in [0.4, 0.5) is 10.0 Å². The molecule has 2 bridgehead atoms. The lowest BCUT2D eigenvalue weighted by Crippen LogP contribution is -2.63. The summed E-state index contributed by atoms with van der Waals surface area (Å²) in [5, 5.41) is 21.0. The fourth-order valence-corrected chi connectivity index (χ4v) is 12.3. The molecule has 2 aromatic heterocycles. The Balaban J connectivity index is 1.08. The lowest BCUT2D eigenvalue weighted by molar-refractivity contribution is -0.166. The van der Waals surface area contributed by atoms with E-state index in [1.165, 1.54) is 32.5 Å². The third-order valence-electron chi connectivity index (χ3n) is 11.3. The Morgan fingerprint density at radius 3 is 1.38 bits per heavy atom. The number of aryl methyl sites for hydroxylation is 2. The van der Waals surface area contributed by atoms with Crippen molar-refractivity contribution in [3.05, 3.63) is 44.2 Å². The van der Waals surface area contributed by atoms with Crippen LogP contribution < -0.4 is 9.80 Å². The Bertz CT molecular complexity index is 1730. The van der Waals surface area contributed by atoms with Crippen LogP contribution in [0.1, 0.15) is 57.7 Å². The second kappa shape index (κ2) is 8.49. The lowest BCUT2D eigenvalue weighted by atomic mass is 9.40. The zero-order valence-electron chi connectivity index (χ0n) is 22.7. The van der Waals surface area contributed by atoms with E-state index in [9.17, 15) is 29.7 Å². The summed E-state index contributed by atoms with van der Waals surface area (Å²) < 4.78 is 0. The molecule has 6 aliphatic carbocycles. The molecule has 8 atom stereocenters. The van der Waals surface area contributed by atoms with Crippen molar-refractivity contribution >= 4 is 56.3 Å². The number of hydrogen-bond donors (Lipinski definition) is 0. The molecular weight excluding hydrogens is 569 g/mol. The number of amides is 4. The Morgan fingerprint density at radius 2 is 0.976 bits per heavy atom. The van der Waals surface area contributed by atoms with Gasteiger partial charge in [-0.05, 0) is 86.2 Å². The zero-order valence-corrected chi connectivity index (χ0v) is 24.3. The first kappa shape index (κ1) is 24.9. The molecule has 10 heteroatoms. The number of fused-ring (bicyclic) bond motifs is 3. The molecular formula is C32H26N4O4S2. The van der Waals surface area contributed by atoms with Gasteiger partial charge in [0.2, 0.25) is 23.6 Å². The molecule has 4 amide bonds. The lowest BCUT2D eigenvalue weighted by Gasteiger charge is -2.60. The van der Waals surface area contributed by atoms with Crippen LogP contribution in [0.25, 0.3) is 0 Å². The van der Waals surface area contributed by atoms with E-state index in [2.05, 4.69) is 12.1 Å². The van der Waals surface area contributed by atoms with Crippen LogP contribution in [0.3, 0.4) is 0 Å². The first-order valence-corrected chi connectivity index (χ1v) is 16.6. The van der Waals surface area contributed by atoms with E-state index in [4.69, 9.17) is 0 Å². The number of carbonyl (C=O) groups is 4. The number of nitriles is 2. The van der Waals surface area contributed by atoms with Gasteiger partial charge >= 0.3 is 0 Å². The number of imide groups is 2. The van der Waals surface area contributed by atoms with Crippen LogP contribution in [-0.4, -0.2) is 23.6 Å². The van der Waals surface area contributed by atoms with Gasteiger partial charge in [-0.2, -0.15) is 10.5 Å². The maximum Gasteiger partial charge on any atom is 0.239 e. The van der Waals surface area contributed by atoms with E-state index in [1.54, 1.807) is 0 Å². The molecule has 8 nitrogen and oxygen atoms in total. The van der Waals surface area contributed by atoms with Crippen LogP contribution in [0.5, 0.6) is 0 Å². The summed E-state index contributed by atoms with van der Waals surface area (Å²) in [6.07, 6.45) is 11.4. The summed E-state index contributed by atoms with van der Waals surface area (Å²) in [5.74, 6) is -4.28. The van der Waals surface area contributed by atoms with Gasteiger partial charge in [-0.1, -0.05) is 12.2 Å². The van der Waals surface area contributed by atoms with Crippen LogP contribution in [0.2, 0.25) is 0 Å². The van der Waals surface area contributed by atoms with Crippen LogP contribution in [0.15, 0.2) is 12.2 Å². The standard InChI is InChI=1S/C32H26N4O4S2/c33-11-17-13-5-1-3-7-19(13)41-31(17)35-27(37)23-15-9-10-16(24(23)28(35)38)22-21(15)25-26(22)30(40)36(29(25)39)32-18(12-34)14-6-2-4-8-20(14)42-32/h9-10,15-16,21-26H,1-8H2/t15-,16+,21+,22-,23+,24-,25+,26-. The molecule has 2 aliphatic heterocycles. The first-order valence-electron chi connectivity index (χ1n) is 15.0. The highest BCUT2D eigenvalue weighted by atomic mass is 32.1. The molecule has 0 aromatic carbocycles. The van der Waals surface area contributed by atoms with Crippen molar-refractivity contribution in [1.29, 1.82) is 10.5 Å². The average Bonchev–Trinajstić information content (AvgIpc) is 3.67. The van der Waals surface area contributed by atoms with E-state index < -0.39 is 23.7 Å². The molecule has 4 fully saturated rings. The zero-order chi connectivity index (χ0) is 28.6. The molecule has 2 saturated carbocycles.